The SMILES string of the molecule is COC(=O)N[C@@H](CO)C(=O)CCl. The molecule has 0 aliphatic heterocycles. The summed E-state index contributed by atoms with van der Waals surface area (Å²) in [6.45, 7) is -0.485. The van der Waals surface area contributed by atoms with Crippen LogP contribution < -0.4 is 5.32 Å². The van der Waals surface area contributed by atoms with E-state index in [2.05, 4.69) is 10.1 Å². The van der Waals surface area contributed by atoms with E-state index in [1.54, 1.807) is 0 Å². The molecule has 0 aromatic heterocycles. The van der Waals surface area contributed by atoms with Crippen LogP contribution in [-0.2, 0) is 9.53 Å². The van der Waals surface area contributed by atoms with Crippen molar-refractivity contribution < 1.29 is 19.4 Å². The lowest BCUT2D eigenvalue weighted by Gasteiger charge is -2.11. The first-order valence-electron chi connectivity index (χ1n) is 3.19. The number of alkyl carbamates (subject to hydrolysis) is 1. The largest absolute Gasteiger partial charge is 0.453 e. The summed E-state index contributed by atoms with van der Waals surface area (Å²) in [5.74, 6) is -0.709. The second-order valence-corrected chi connectivity index (χ2v) is 2.24. The Morgan fingerprint density at radius 1 is 1.67 bits per heavy atom. The minimum absolute atomic E-state index is 0.255. The average Bonchev–Trinajstić information content (AvgIpc) is 2.12. The number of alkyl halides is 1. The van der Waals surface area contributed by atoms with Crippen LogP contribution in [0, 0.1) is 0 Å². The molecule has 0 rings (SSSR count). The lowest BCUT2D eigenvalue weighted by Crippen LogP contribution is -2.43. The third-order valence-corrected chi connectivity index (χ3v) is 1.44. The summed E-state index contributed by atoms with van der Waals surface area (Å²) in [6, 6.07) is -0.977. The van der Waals surface area contributed by atoms with Crippen LogP contribution in [0.2, 0.25) is 0 Å². The summed E-state index contributed by atoms with van der Waals surface area (Å²) < 4.78 is 4.22. The van der Waals surface area contributed by atoms with Gasteiger partial charge in [-0.3, -0.25) is 4.79 Å². The Morgan fingerprint density at radius 2 is 2.25 bits per heavy atom. The first-order chi connectivity index (χ1) is 5.65. The molecule has 5 nitrogen and oxygen atoms in total. The van der Waals surface area contributed by atoms with Gasteiger partial charge in [-0.15, -0.1) is 11.6 Å². The van der Waals surface area contributed by atoms with Crippen molar-refractivity contribution in [3.05, 3.63) is 0 Å². The van der Waals surface area contributed by atoms with Crippen molar-refractivity contribution in [2.75, 3.05) is 19.6 Å². The van der Waals surface area contributed by atoms with Gasteiger partial charge in [0.1, 0.15) is 6.04 Å². The van der Waals surface area contributed by atoms with Crippen LogP contribution >= 0.6 is 11.6 Å². The molecule has 0 spiro atoms. The predicted octanol–water partition coefficient (Wildman–Crippen LogP) is -0.489. The van der Waals surface area contributed by atoms with Crippen LogP contribution in [0.1, 0.15) is 0 Å². The van der Waals surface area contributed by atoms with Crippen LogP contribution in [0.4, 0.5) is 4.79 Å². The van der Waals surface area contributed by atoms with Crippen molar-refractivity contribution in [2.24, 2.45) is 0 Å². The zero-order valence-electron chi connectivity index (χ0n) is 6.54. The molecular formula is C6H10ClNO4. The van der Waals surface area contributed by atoms with Gasteiger partial charge in [0.25, 0.3) is 0 Å². The fourth-order valence-electron chi connectivity index (χ4n) is 0.522. The normalized spacial score (nSPS) is 11.9. The summed E-state index contributed by atoms with van der Waals surface area (Å²) in [5.41, 5.74) is 0. The van der Waals surface area contributed by atoms with Crippen molar-refractivity contribution in [1.29, 1.82) is 0 Å². The second-order valence-electron chi connectivity index (χ2n) is 1.97. The van der Waals surface area contributed by atoms with E-state index < -0.39 is 24.5 Å². The molecule has 12 heavy (non-hydrogen) atoms. The van der Waals surface area contributed by atoms with E-state index in [1.807, 2.05) is 0 Å². The molecule has 0 unspecified atom stereocenters. The van der Waals surface area contributed by atoms with E-state index in [9.17, 15) is 9.59 Å². The van der Waals surface area contributed by atoms with Crippen LogP contribution in [-0.4, -0.2) is 42.6 Å². The number of carbonyl (C=O) groups excluding carboxylic acids is 2. The van der Waals surface area contributed by atoms with Crippen molar-refractivity contribution >= 4 is 23.5 Å². The molecule has 0 heterocycles. The number of hydrogen-bond acceptors (Lipinski definition) is 4. The number of aliphatic hydroxyl groups is 1. The van der Waals surface area contributed by atoms with Crippen LogP contribution in [0.25, 0.3) is 0 Å². The van der Waals surface area contributed by atoms with Gasteiger partial charge in [0, 0.05) is 0 Å². The molecule has 0 aliphatic carbocycles. The van der Waals surface area contributed by atoms with E-state index >= 15 is 0 Å². The summed E-state index contributed by atoms with van der Waals surface area (Å²) in [6.07, 6.45) is -0.771. The highest BCUT2D eigenvalue weighted by molar-refractivity contribution is 6.28. The number of hydrogen-bond donors (Lipinski definition) is 2. The average molecular weight is 196 g/mol. The minimum Gasteiger partial charge on any atom is -0.453 e. The number of Topliss-reactive ketones (excluding diaryl/α,β-unsaturated/α-hetero) is 1. The maximum Gasteiger partial charge on any atom is 0.407 e. The Balaban J connectivity index is 3.99. The fourth-order valence-corrected chi connectivity index (χ4v) is 0.709. The van der Waals surface area contributed by atoms with Gasteiger partial charge in [-0.25, -0.2) is 4.79 Å². The monoisotopic (exact) mass is 195 g/mol. The molecule has 0 aromatic rings. The maximum atomic E-state index is 10.8. The van der Waals surface area contributed by atoms with E-state index in [1.165, 1.54) is 0 Å². The van der Waals surface area contributed by atoms with Crippen LogP contribution in [0.5, 0.6) is 0 Å². The smallest absolute Gasteiger partial charge is 0.407 e. The maximum absolute atomic E-state index is 10.8. The van der Waals surface area contributed by atoms with E-state index in [4.69, 9.17) is 16.7 Å². The Labute approximate surface area is 74.6 Å². The van der Waals surface area contributed by atoms with Gasteiger partial charge in [0.2, 0.25) is 0 Å². The zero-order chi connectivity index (χ0) is 9.56. The molecule has 0 saturated carbocycles. The summed E-state index contributed by atoms with van der Waals surface area (Å²) in [5, 5.41) is 10.7. The minimum atomic E-state index is -0.977. The predicted molar refractivity (Wildman–Crippen MR) is 42.1 cm³/mol. The number of carbonyl (C=O) groups is 2. The molecule has 1 atom stereocenters. The summed E-state index contributed by atoms with van der Waals surface area (Å²) in [4.78, 5) is 21.4. The molecule has 0 aromatic carbocycles. The number of methoxy groups -OCH3 is 1. The molecule has 0 radical (unpaired) electrons. The molecular weight excluding hydrogens is 186 g/mol. The van der Waals surface area contributed by atoms with Crippen molar-refractivity contribution in [1.82, 2.24) is 5.32 Å². The van der Waals surface area contributed by atoms with E-state index in [0.29, 0.717) is 0 Å². The molecule has 70 valence electrons. The van der Waals surface area contributed by atoms with Crippen molar-refractivity contribution in [3.63, 3.8) is 0 Å². The third-order valence-electron chi connectivity index (χ3n) is 1.18. The van der Waals surface area contributed by atoms with Gasteiger partial charge < -0.3 is 15.2 Å². The lowest BCUT2D eigenvalue weighted by molar-refractivity contribution is -0.119. The van der Waals surface area contributed by atoms with Gasteiger partial charge in [-0.2, -0.15) is 0 Å². The number of amides is 1. The van der Waals surface area contributed by atoms with E-state index in [0.717, 1.165) is 7.11 Å². The van der Waals surface area contributed by atoms with Gasteiger partial charge in [0.05, 0.1) is 19.6 Å². The van der Waals surface area contributed by atoms with Gasteiger partial charge in [-0.1, -0.05) is 0 Å². The third kappa shape index (κ3) is 3.54. The van der Waals surface area contributed by atoms with Gasteiger partial charge in [-0.05, 0) is 0 Å². The quantitative estimate of drug-likeness (QED) is 0.594. The summed E-state index contributed by atoms with van der Waals surface area (Å²) in [7, 11) is 1.16. The Hall–Kier alpha value is -0.810. The molecule has 0 fully saturated rings. The number of rotatable bonds is 4. The van der Waals surface area contributed by atoms with E-state index in [-0.39, 0.29) is 5.88 Å². The number of ether oxygens (including phenoxy) is 1. The Bertz CT molecular complexity index is 173. The number of aliphatic hydroxyl groups excluding tert-OH is 1. The first-order valence-corrected chi connectivity index (χ1v) is 3.73. The number of nitrogens with one attached hydrogen (secondary N) is 1. The molecule has 2 N–H and O–H groups in total. The lowest BCUT2D eigenvalue weighted by atomic mass is 10.2. The van der Waals surface area contributed by atoms with Crippen LogP contribution in [0.3, 0.4) is 0 Å². The highest BCUT2D eigenvalue weighted by atomic mass is 35.5. The van der Waals surface area contributed by atoms with Gasteiger partial charge >= 0.3 is 6.09 Å². The highest BCUT2D eigenvalue weighted by Gasteiger charge is 2.18. The van der Waals surface area contributed by atoms with Gasteiger partial charge in [0.15, 0.2) is 5.78 Å². The molecule has 0 aliphatic rings. The standard InChI is InChI=1S/C6H10ClNO4/c1-12-6(11)8-4(3-9)5(10)2-7/h4,9H,2-3H2,1H3,(H,8,11)/t4-/m0/s1. The number of ketones is 1. The summed E-state index contributed by atoms with van der Waals surface area (Å²) >= 11 is 5.20. The zero-order valence-corrected chi connectivity index (χ0v) is 7.30. The topological polar surface area (TPSA) is 75.6 Å². The molecule has 6 heteroatoms. The highest BCUT2D eigenvalue weighted by Crippen LogP contribution is 1.89. The molecule has 0 bridgehead atoms. The fraction of sp³-hybridized carbons (Fsp3) is 0.667. The first kappa shape index (κ1) is 11.2. The second kappa shape index (κ2) is 5.79. The van der Waals surface area contributed by atoms with Crippen LogP contribution in [0.15, 0.2) is 0 Å². The van der Waals surface area contributed by atoms with Crippen molar-refractivity contribution in [3.8, 4) is 0 Å². The van der Waals surface area contributed by atoms with Crippen molar-refractivity contribution in [2.45, 2.75) is 6.04 Å². The molecule has 0 saturated heterocycles. The Kier molecular flexibility index (Phi) is 5.40. The molecule has 1 amide bonds. The Morgan fingerprint density at radius 3 is 2.58 bits per heavy atom. The number of halogens is 1.